The molecule has 8 nitrogen and oxygen atoms in total. The third-order valence-corrected chi connectivity index (χ3v) is 3.80. The number of carbonyl (C=O) groups is 1. The Morgan fingerprint density at radius 2 is 1.48 bits per heavy atom. The molecule has 0 atom stereocenters. The van der Waals surface area contributed by atoms with Crippen molar-refractivity contribution in [1.82, 2.24) is 14.7 Å². The summed E-state index contributed by atoms with van der Waals surface area (Å²) in [4.78, 5) is 18.5. The standard InChI is InChI=1S/C11H8N2O2.C7H10N2O2S/c14-11(15)9-6-12-10(13-7-9)8-4-2-1-3-5-8;8-12(10,11)9-6-7-4-2-1-3-5-7/h1-7H,(H,14,15);1-5,9H,6H2,(H2,8,10,11). The van der Waals surface area contributed by atoms with Gasteiger partial charge in [0, 0.05) is 24.5 Å². The second kappa shape index (κ2) is 9.53. The van der Waals surface area contributed by atoms with Gasteiger partial charge in [0.2, 0.25) is 0 Å². The average Bonchev–Trinajstić information content (AvgIpc) is 2.68. The van der Waals surface area contributed by atoms with Crippen molar-refractivity contribution in [2.75, 3.05) is 0 Å². The van der Waals surface area contributed by atoms with E-state index >= 15 is 0 Å². The second-order valence-electron chi connectivity index (χ2n) is 5.32. The van der Waals surface area contributed by atoms with Crippen LogP contribution in [-0.2, 0) is 16.8 Å². The highest BCUT2D eigenvalue weighted by Crippen LogP contribution is 2.12. The van der Waals surface area contributed by atoms with Gasteiger partial charge >= 0.3 is 5.97 Å². The minimum absolute atomic E-state index is 0.0923. The zero-order valence-electron chi connectivity index (χ0n) is 14.2. The molecule has 0 saturated heterocycles. The second-order valence-corrected chi connectivity index (χ2v) is 6.70. The van der Waals surface area contributed by atoms with Crippen LogP contribution in [0.3, 0.4) is 0 Å². The summed E-state index contributed by atoms with van der Waals surface area (Å²) in [6, 6.07) is 18.6. The molecular formula is C18H18N4O4S. The number of hydrogen-bond acceptors (Lipinski definition) is 5. The third kappa shape index (κ3) is 7.32. The minimum Gasteiger partial charge on any atom is -0.478 e. The van der Waals surface area contributed by atoms with Gasteiger partial charge < -0.3 is 5.11 Å². The highest BCUT2D eigenvalue weighted by Gasteiger charge is 2.05. The molecule has 0 bridgehead atoms. The van der Waals surface area contributed by atoms with E-state index in [4.69, 9.17) is 10.2 Å². The van der Waals surface area contributed by atoms with Crippen molar-refractivity contribution in [3.8, 4) is 11.4 Å². The minimum atomic E-state index is -3.57. The molecule has 27 heavy (non-hydrogen) atoms. The van der Waals surface area contributed by atoms with Gasteiger partial charge in [-0.15, -0.1) is 0 Å². The van der Waals surface area contributed by atoms with E-state index in [1.807, 2.05) is 60.7 Å². The Bertz CT molecular complexity index is 963. The van der Waals surface area contributed by atoms with Crippen molar-refractivity contribution in [2.45, 2.75) is 6.54 Å². The van der Waals surface area contributed by atoms with Crippen LogP contribution in [0.4, 0.5) is 0 Å². The zero-order valence-corrected chi connectivity index (χ0v) is 15.0. The first-order chi connectivity index (χ1) is 12.8. The molecule has 0 saturated carbocycles. The maximum absolute atomic E-state index is 10.6. The van der Waals surface area contributed by atoms with Gasteiger partial charge in [-0.25, -0.2) is 19.9 Å². The predicted molar refractivity (Wildman–Crippen MR) is 101 cm³/mol. The SMILES string of the molecule is NS(=O)(=O)NCc1ccccc1.O=C(O)c1cnc(-c2ccccc2)nc1. The monoisotopic (exact) mass is 386 g/mol. The number of hydrogen-bond donors (Lipinski definition) is 3. The number of nitrogens with zero attached hydrogens (tertiary/aromatic N) is 2. The van der Waals surface area contributed by atoms with Gasteiger partial charge in [-0.05, 0) is 5.56 Å². The topological polar surface area (TPSA) is 135 Å². The third-order valence-electron chi connectivity index (χ3n) is 3.25. The molecule has 2 aromatic carbocycles. The van der Waals surface area contributed by atoms with Crippen molar-refractivity contribution >= 4 is 16.2 Å². The molecule has 0 amide bonds. The van der Waals surface area contributed by atoms with E-state index < -0.39 is 16.2 Å². The summed E-state index contributed by atoms with van der Waals surface area (Å²) in [7, 11) is -3.57. The van der Waals surface area contributed by atoms with Crippen LogP contribution in [-0.4, -0.2) is 29.5 Å². The Morgan fingerprint density at radius 3 is 1.96 bits per heavy atom. The van der Waals surface area contributed by atoms with E-state index in [9.17, 15) is 13.2 Å². The molecule has 0 aliphatic carbocycles. The molecule has 9 heteroatoms. The van der Waals surface area contributed by atoms with Crippen LogP contribution in [0.1, 0.15) is 15.9 Å². The van der Waals surface area contributed by atoms with Crippen LogP contribution in [0, 0.1) is 0 Å². The van der Waals surface area contributed by atoms with E-state index in [1.165, 1.54) is 12.4 Å². The Balaban J connectivity index is 0.000000199. The summed E-state index contributed by atoms with van der Waals surface area (Å²) < 4.78 is 23.1. The number of aromatic carboxylic acids is 1. The van der Waals surface area contributed by atoms with Crippen molar-refractivity contribution in [1.29, 1.82) is 0 Å². The van der Waals surface area contributed by atoms with Crippen molar-refractivity contribution in [2.24, 2.45) is 5.14 Å². The largest absolute Gasteiger partial charge is 0.478 e. The number of nitrogens with two attached hydrogens (primary N) is 1. The number of benzene rings is 2. The lowest BCUT2D eigenvalue weighted by Crippen LogP contribution is -2.30. The molecule has 3 aromatic rings. The summed E-state index contributed by atoms with van der Waals surface area (Å²) in [6.07, 6.45) is 2.61. The fraction of sp³-hybridized carbons (Fsp3) is 0.0556. The summed E-state index contributed by atoms with van der Waals surface area (Å²) in [6.45, 7) is 0.236. The van der Waals surface area contributed by atoms with E-state index in [0.717, 1.165) is 11.1 Å². The molecule has 0 spiro atoms. The Morgan fingerprint density at radius 1 is 0.963 bits per heavy atom. The van der Waals surface area contributed by atoms with Crippen molar-refractivity contribution in [3.63, 3.8) is 0 Å². The summed E-state index contributed by atoms with van der Waals surface area (Å²) >= 11 is 0. The summed E-state index contributed by atoms with van der Waals surface area (Å²) in [5, 5.41) is 13.4. The van der Waals surface area contributed by atoms with Gasteiger partial charge in [0.15, 0.2) is 5.82 Å². The fourth-order valence-corrected chi connectivity index (χ4v) is 2.32. The normalized spacial score (nSPS) is 10.6. The fourth-order valence-electron chi connectivity index (χ4n) is 1.95. The van der Waals surface area contributed by atoms with Gasteiger partial charge in [0.25, 0.3) is 10.2 Å². The molecule has 0 radical (unpaired) electrons. The molecule has 4 N–H and O–H groups in total. The molecule has 1 heterocycles. The van der Waals surface area contributed by atoms with Gasteiger partial charge in [-0.3, -0.25) is 0 Å². The van der Waals surface area contributed by atoms with Gasteiger partial charge in [0.05, 0.1) is 5.56 Å². The number of rotatable bonds is 5. The molecule has 0 aliphatic rings. The number of aromatic nitrogens is 2. The van der Waals surface area contributed by atoms with E-state index in [2.05, 4.69) is 14.7 Å². The lowest BCUT2D eigenvalue weighted by molar-refractivity contribution is 0.0696. The average molecular weight is 386 g/mol. The Labute approximate surface area is 156 Å². The number of carboxylic acids is 1. The highest BCUT2D eigenvalue weighted by molar-refractivity contribution is 7.87. The van der Waals surface area contributed by atoms with Gasteiger partial charge in [-0.1, -0.05) is 60.7 Å². The summed E-state index contributed by atoms with van der Waals surface area (Å²) in [5.41, 5.74) is 1.84. The number of nitrogens with one attached hydrogen (secondary N) is 1. The summed E-state index contributed by atoms with van der Waals surface area (Å²) in [5.74, 6) is -0.491. The van der Waals surface area contributed by atoms with Crippen LogP contribution in [0.2, 0.25) is 0 Å². The Hall–Kier alpha value is -3.14. The highest BCUT2D eigenvalue weighted by atomic mass is 32.2. The molecule has 0 unspecified atom stereocenters. The van der Waals surface area contributed by atoms with E-state index in [-0.39, 0.29) is 12.1 Å². The van der Waals surface area contributed by atoms with Gasteiger partial charge in [-0.2, -0.15) is 13.1 Å². The van der Waals surface area contributed by atoms with Crippen LogP contribution in [0.15, 0.2) is 73.1 Å². The first-order valence-electron chi connectivity index (χ1n) is 7.77. The molecule has 3 rings (SSSR count). The smallest absolute Gasteiger partial charge is 0.338 e. The van der Waals surface area contributed by atoms with E-state index in [0.29, 0.717) is 5.82 Å². The predicted octanol–water partition coefficient (Wildman–Crippen LogP) is 1.82. The van der Waals surface area contributed by atoms with Gasteiger partial charge in [0.1, 0.15) is 0 Å². The lowest BCUT2D eigenvalue weighted by atomic mass is 10.2. The molecule has 1 aromatic heterocycles. The zero-order chi connectivity index (χ0) is 19.7. The molecule has 140 valence electrons. The van der Waals surface area contributed by atoms with Crippen LogP contribution in [0.25, 0.3) is 11.4 Å². The van der Waals surface area contributed by atoms with Crippen molar-refractivity contribution < 1.29 is 18.3 Å². The van der Waals surface area contributed by atoms with Crippen LogP contribution < -0.4 is 9.86 Å². The first-order valence-corrected chi connectivity index (χ1v) is 9.32. The van der Waals surface area contributed by atoms with Crippen molar-refractivity contribution in [3.05, 3.63) is 84.2 Å². The van der Waals surface area contributed by atoms with E-state index in [1.54, 1.807) is 0 Å². The first kappa shape index (κ1) is 20.2. The molecular weight excluding hydrogens is 368 g/mol. The van der Waals surface area contributed by atoms with Crippen LogP contribution in [0.5, 0.6) is 0 Å². The van der Waals surface area contributed by atoms with Crippen LogP contribution >= 0.6 is 0 Å². The lowest BCUT2D eigenvalue weighted by Gasteiger charge is -2.00. The maximum Gasteiger partial charge on any atom is 0.338 e. The Kier molecular flexibility index (Phi) is 7.12. The molecule has 0 fully saturated rings. The quantitative estimate of drug-likeness (QED) is 0.612. The number of carboxylic acid groups (broad SMARTS) is 1. The molecule has 0 aliphatic heterocycles. The maximum atomic E-state index is 10.6.